The standard InChI is InChI=1S/C27H27ClFN5O5S/c1-18(29)19-4-3-5-21(14-19)39-24-7-6-20(15-22(24)28)33-27-26-23(31-17-32-27)8-10-34(26)11-13-38-12-9-30-25(35)16-40(2,36)37/h3-8,10,14-15,17H,1,9,11-13,16H2,2H3,(H,30,35)(H,31,32,33). The van der Waals surface area contributed by atoms with Gasteiger partial charge in [0, 0.05) is 36.8 Å². The van der Waals surface area contributed by atoms with Crippen LogP contribution in [0.5, 0.6) is 11.5 Å². The van der Waals surface area contributed by atoms with Gasteiger partial charge in [0.15, 0.2) is 15.7 Å². The molecule has 2 aromatic heterocycles. The predicted molar refractivity (Wildman–Crippen MR) is 152 cm³/mol. The summed E-state index contributed by atoms with van der Waals surface area (Å²) in [6, 6.07) is 13.5. The van der Waals surface area contributed by atoms with Crippen LogP contribution in [0.2, 0.25) is 5.02 Å². The predicted octanol–water partition coefficient (Wildman–Crippen LogP) is 4.74. The van der Waals surface area contributed by atoms with E-state index in [-0.39, 0.29) is 13.2 Å². The van der Waals surface area contributed by atoms with Gasteiger partial charge in [-0.2, -0.15) is 0 Å². The molecule has 0 unspecified atom stereocenters. The Morgan fingerprint density at radius 3 is 2.73 bits per heavy atom. The number of halogens is 2. The second-order valence-corrected chi connectivity index (χ2v) is 11.4. The van der Waals surface area contributed by atoms with Gasteiger partial charge in [-0.1, -0.05) is 30.3 Å². The maximum absolute atomic E-state index is 13.5. The van der Waals surface area contributed by atoms with Crippen molar-refractivity contribution in [2.75, 3.05) is 37.1 Å². The lowest BCUT2D eigenvalue weighted by Crippen LogP contribution is -2.32. The van der Waals surface area contributed by atoms with Crippen molar-refractivity contribution in [3.8, 4) is 11.5 Å². The fraction of sp³-hybridized carbons (Fsp3) is 0.222. The Labute approximate surface area is 235 Å². The van der Waals surface area contributed by atoms with E-state index >= 15 is 0 Å². The lowest BCUT2D eigenvalue weighted by molar-refractivity contribution is -0.118. The molecule has 0 spiro atoms. The summed E-state index contributed by atoms with van der Waals surface area (Å²) in [5, 5.41) is 6.11. The third-order valence-corrected chi connectivity index (χ3v) is 6.64. The fourth-order valence-corrected chi connectivity index (χ4v) is 4.58. The third kappa shape index (κ3) is 8.01. The van der Waals surface area contributed by atoms with Crippen LogP contribution in [-0.2, 0) is 25.9 Å². The van der Waals surface area contributed by atoms with Gasteiger partial charge in [-0.15, -0.1) is 0 Å². The number of nitrogens with one attached hydrogen (secondary N) is 2. The number of benzene rings is 2. The Hall–Kier alpha value is -4.00. The number of aromatic nitrogens is 3. The summed E-state index contributed by atoms with van der Waals surface area (Å²) in [6.45, 7) is 4.57. The van der Waals surface area contributed by atoms with Gasteiger partial charge in [-0.25, -0.2) is 22.8 Å². The number of amides is 1. The largest absolute Gasteiger partial charge is 0.456 e. The van der Waals surface area contributed by atoms with Crippen LogP contribution in [0.4, 0.5) is 15.9 Å². The number of rotatable bonds is 13. The number of fused-ring (bicyclic) bond motifs is 1. The molecule has 4 aromatic rings. The van der Waals surface area contributed by atoms with E-state index in [0.717, 1.165) is 17.3 Å². The van der Waals surface area contributed by atoms with E-state index in [2.05, 4.69) is 27.2 Å². The van der Waals surface area contributed by atoms with Crippen LogP contribution in [0.15, 0.2) is 67.6 Å². The average molecular weight is 588 g/mol. The Morgan fingerprint density at radius 1 is 1.15 bits per heavy atom. The molecular formula is C27H27ClFN5O5S. The van der Waals surface area contributed by atoms with E-state index in [1.165, 1.54) is 12.4 Å². The van der Waals surface area contributed by atoms with Crippen LogP contribution in [0.25, 0.3) is 16.9 Å². The van der Waals surface area contributed by atoms with Gasteiger partial charge >= 0.3 is 0 Å². The van der Waals surface area contributed by atoms with E-state index in [4.69, 9.17) is 21.1 Å². The quantitative estimate of drug-likeness (QED) is 0.215. The van der Waals surface area contributed by atoms with E-state index in [9.17, 15) is 17.6 Å². The molecule has 2 N–H and O–H groups in total. The zero-order valence-electron chi connectivity index (χ0n) is 21.6. The molecule has 40 heavy (non-hydrogen) atoms. The van der Waals surface area contributed by atoms with Crippen LogP contribution in [-0.4, -0.2) is 60.6 Å². The van der Waals surface area contributed by atoms with Crippen molar-refractivity contribution < 1.29 is 27.1 Å². The molecule has 210 valence electrons. The first-order valence-electron chi connectivity index (χ1n) is 12.1. The lowest BCUT2D eigenvalue weighted by Gasteiger charge is -2.13. The number of sulfone groups is 1. The fourth-order valence-electron chi connectivity index (χ4n) is 3.78. The molecule has 2 aromatic carbocycles. The zero-order chi connectivity index (χ0) is 28.7. The number of carbonyl (C=O) groups excluding carboxylic acids is 1. The number of ether oxygens (including phenoxy) is 2. The van der Waals surface area contributed by atoms with Crippen LogP contribution in [0.3, 0.4) is 0 Å². The number of carbonyl (C=O) groups is 1. The van der Waals surface area contributed by atoms with Crippen molar-refractivity contribution in [1.29, 1.82) is 0 Å². The van der Waals surface area contributed by atoms with Crippen molar-refractivity contribution in [3.63, 3.8) is 0 Å². The molecule has 0 saturated heterocycles. The minimum Gasteiger partial charge on any atom is -0.456 e. The van der Waals surface area contributed by atoms with Crippen molar-refractivity contribution in [3.05, 3.63) is 78.2 Å². The molecule has 0 fully saturated rings. The SMILES string of the molecule is C=C(F)c1cccc(Oc2ccc(Nc3ncnc4ccn(CCOCCNC(=O)CS(C)(=O)=O)c34)cc2Cl)c1. The zero-order valence-corrected chi connectivity index (χ0v) is 23.1. The molecular weight excluding hydrogens is 561 g/mol. The topological polar surface area (TPSA) is 124 Å². The number of hydrogen-bond donors (Lipinski definition) is 2. The molecule has 4 rings (SSSR count). The highest BCUT2D eigenvalue weighted by Crippen LogP contribution is 2.34. The van der Waals surface area contributed by atoms with Gasteiger partial charge in [0.25, 0.3) is 0 Å². The maximum Gasteiger partial charge on any atom is 0.235 e. The summed E-state index contributed by atoms with van der Waals surface area (Å²) in [5.74, 6) is -0.292. The molecule has 0 saturated carbocycles. The molecule has 0 aliphatic heterocycles. The Bertz CT molecular complexity index is 1640. The second kappa shape index (κ2) is 12.9. The first kappa shape index (κ1) is 29.0. The second-order valence-electron chi connectivity index (χ2n) is 8.80. The van der Waals surface area contributed by atoms with Crippen molar-refractivity contribution in [1.82, 2.24) is 19.9 Å². The van der Waals surface area contributed by atoms with Crippen LogP contribution < -0.4 is 15.4 Å². The van der Waals surface area contributed by atoms with E-state index < -0.39 is 27.3 Å². The Balaban J connectivity index is 1.37. The normalized spacial score (nSPS) is 11.4. The highest BCUT2D eigenvalue weighted by Gasteiger charge is 2.13. The summed E-state index contributed by atoms with van der Waals surface area (Å²) in [6.07, 6.45) is 4.33. The number of anilines is 2. The summed E-state index contributed by atoms with van der Waals surface area (Å²) in [5.41, 5.74) is 2.47. The summed E-state index contributed by atoms with van der Waals surface area (Å²) in [7, 11) is -3.37. The summed E-state index contributed by atoms with van der Waals surface area (Å²) < 4.78 is 49.1. The van der Waals surface area contributed by atoms with E-state index in [1.54, 1.807) is 36.4 Å². The van der Waals surface area contributed by atoms with Crippen LogP contribution in [0.1, 0.15) is 5.56 Å². The molecule has 0 bridgehead atoms. The maximum atomic E-state index is 13.5. The monoisotopic (exact) mass is 587 g/mol. The van der Waals surface area contributed by atoms with Gasteiger partial charge in [0.2, 0.25) is 5.91 Å². The molecule has 0 radical (unpaired) electrons. The summed E-state index contributed by atoms with van der Waals surface area (Å²) >= 11 is 6.47. The first-order valence-corrected chi connectivity index (χ1v) is 14.5. The van der Waals surface area contributed by atoms with Gasteiger partial charge in [0.1, 0.15) is 34.9 Å². The highest BCUT2D eigenvalue weighted by atomic mass is 35.5. The van der Waals surface area contributed by atoms with Crippen molar-refractivity contribution in [2.45, 2.75) is 6.54 Å². The summed E-state index contributed by atoms with van der Waals surface area (Å²) in [4.78, 5) is 20.3. The van der Waals surface area contributed by atoms with Crippen molar-refractivity contribution in [2.24, 2.45) is 0 Å². The van der Waals surface area contributed by atoms with Gasteiger partial charge in [-0.3, -0.25) is 4.79 Å². The van der Waals surface area contributed by atoms with E-state index in [0.29, 0.717) is 46.7 Å². The Kier molecular flexibility index (Phi) is 9.35. The smallest absolute Gasteiger partial charge is 0.235 e. The number of hydrogen-bond acceptors (Lipinski definition) is 8. The molecule has 0 aliphatic carbocycles. The Morgan fingerprint density at radius 2 is 1.98 bits per heavy atom. The molecule has 0 atom stereocenters. The van der Waals surface area contributed by atoms with Crippen LogP contribution in [0, 0.1) is 0 Å². The number of nitrogens with zero attached hydrogens (tertiary/aromatic N) is 3. The van der Waals surface area contributed by atoms with E-state index in [1.807, 2.05) is 16.8 Å². The molecule has 10 nitrogen and oxygen atoms in total. The first-order chi connectivity index (χ1) is 19.1. The molecule has 13 heteroatoms. The molecule has 1 amide bonds. The van der Waals surface area contributed by atoms with Gasteiger partial charge in [0.05, 0.1) is 23.8 Å². The third-order valence-electron chi connectivity index (χ3n) is 5.56. The van der Waals surface area contributed by atoms with Crippen molar-refractivity contribution >= 4 is 55.7 Å². The lowest BCUT2D eigenvalue weighted by atomic mass is 10.2. The molecule has 0 aliphatic rings. The average Bonchev–Trinajstić information content (AvgIpc) is 3.31. The highest BCUT2D eigenvalue weighted by molar-refractivity contribution is 7.91. The van der Waals surface area contributed by atoms with Crippen LogP contribution >= 0.6 is 11.6 Å². The van der Waals surface area contributed by atoms with Gasteiger partial charge in [-0.05, 0) is 36.4 Å². The minimum atomic E-state index is -3.37. The molecule has 2 heterocycles. The minimum absolute atomic E-state index is 0.202. The van der Waals surface area contributed by atoms with Gasteiger partial charge < -0.3 is 24.7 Å².